The molecule has 0 saturated carbocycles. The number of hydrogen-bond donors (Lipinski definition) is 5. The van der Waals surface area contributed by atoms with Crippen LogP contribution in [0.25, 0.3) is 5.70 Å². The van der Waals surface area contributed by atoms with Gasteiger partial charge in [0, 0.05) is 87.7 Å². The molecular formula is C44H55N9O5. The number of imide groups is 1. The van der Waals surface area contributed by atoms with Crippen LogP contribution in [0.1, 0.15) is 54.7 Å². The van der Waals surface area contributed by atoms with Gasteiger partial charge in [-0.1, -0.05) is 36.4 Å². The molecule has 14 nitrogen and oxygen atoms in total. The number of nitrogens with two attached hydrogens (primary N) is 3. The molecule has 14 heteroatoms. The van der Waals surface area contributed by atoms with Gasteiger partial charge in [-0.25, -0.2) is 0 Å². The van der Waals surface area contributed by atoms with Crippen molar-refractivity contribution in [2.75, 3.05) is 63.8 Å². The fourth-order valence-electron chi connectivity index (χ4n) is 9.24. The highest BCUT2D eigenvalue weighted by Gasteiger charge is 2.45. The minimum Gasteiger partial charge on any atom is -0.507 e. The van der Waals surface area contributed by atoms with Gasteiger partial charge < -0.3 is 41.7 Å². The maximum atomic E-state index is 13.4. The summed E-state index contributed by atoms with van der Waals surface area (Å²) in [5.41, 5.74) is 24.1. The second kappa shape index (κ2) is 17.0. The van der Waals surface area contributed by atoms with Gasteiger partial charge in [-0.3, -0.25) is 29.5 Å². The smallest absolute Gasteiger partial charge is 0.267 e. The van der Waals surface area contributed by atoms with E-state index in [1.165, 1.54) is 16.8 Å². The first kappa shape index (κ1) is 39.1. The number of likely N-dealkylation sites (tertiary alicyclic amines) is 1. The van der Waals surface area contributed by atoms with Crippen LogP contribution in [-0.4, -0.2) is 120 Å². The third kappa shape index (κ3) is 8.72. The number of ether oxygens (including phenoxy) is 1. The van der Waals surface area contributed by atoms with E-state index in [1.807, 2.05) is 23.1 Å². The van der Waals surface area contributed by atoms with Gasteiger partial charge >= 0.3 is 0 Å². The summed E-state index contributed by atoms with van der Waals surface area (Å²) in [5, 5.41) is 12.6. The molecule has 0 spiro atoms. The predicted octanol–water partition coefficient (Wildman–Crippen LogP) is 2.45. The number of phenolic OH excluding ortho intramolecular Hbond substituents is 1. The van der Waals surface area contributed by atoms with Crippen molar-refractivity contribution in [3.8, 4) is 11.5 Å². The van der Waals surface area contributed by atoms with Crippen molar-refractivity contribution >= 4 is 29.1 Å². The minimum atomic E-state index is -0.640. The van der Waals surface area contributed by atoms with Crippen LogP contribution in [0.5, 0.6) is 11.5 Å². The van der Waals surface area contributed by atoms with E-state index in [4.69, 9.17) is 21.9 Å². The highest BCUT2D eigenvalue weighted by Crippen LogP contribution is 2.39. The van der Waals surface area contributed by atoms with Crippen LogP contribution in [0.4, 0.5) is 5.69 Å². The lowest BCUT2D eigenvalue weighted by molar-refractivity contribution is -0.139. The molecule has 0 aromatic heterocycles. The molecule has 6 fully saturated rings. The molecule has 9 rings (SSSR count). The van der Waals surface area contributed by atoms with Crippen molar-refractivity contribution in [1.29, 1.82) is 0 Å². The Labute approximate surface area is 339 Å². The summed E-state index contributed by atoms with van der Waals surface area (Å²) >= 11 is 0. The van der Waals surface area contributed by atoms with Crippen molar-refractivity contribution < 1.29 is 24.2 Å². The number of allylic oxidation sites excluding steroid dienone is 1. The number of nitrogens with zero attached hydrogens (tertiary/aromatic N) is 5. The van der Waals surface area contributed by atoms with Gasteiger partial charge in [-0.2, -0.15) is 0 Å². The van der Waals surface area contributed by atoms with E-state index in [2.05, 4.69) is 61.3 Å². The minimum absolute atomic E-state index is 0.112. The lowest BCUT2D eigenvalue weighted by Gasteiger charge is -2.58. The summed E-state index contributed by atoms with van der Waals surface area (Å²) in [6, 6.07) is 24.4. The summed E-state index contributed by atoms with van der Waals surface area (Å²) in [6.07, 6.45) is 4.88. The molecule has 3 atom stereocenters. The highest BCUT2D eigenvalue weighted by atomic mass is 16.5. The van der Waals surface area contributed by atoms with Crippen LogP contribution in [0.3, 0.4) is 0 Å². The summed E-state index contributed by atoms with van der Waals surface area (Å²) < 4.78 is 5.84. The van der Waals surface area contributed by atoms with Crippen molar-refractivity contribution in [2.45, 2.75) is 62.8 Å². The van der Waals surface area contributed by atoms with E-state index in [9.17, 15) is 19.5 Å². The fourth-order valence-corrected chi connectivity index (χ4v) is 9.24. The zero-order valence-electron chi connectivity index (χ0n) is 33.0. The number of aromatic hydroxyl groups is 1. The van der Waals surface area contributed by atoms with E-state index in [-0.39, 0.29) is 35.7 Å². The van der Waals surface area contributed by atoms with E-state index >= 15 is 0 Å². The Morgan fingerprint density at radius 2 is 1.55 bits per heavy atom. The number of amides is 3. The second-order valence-corrected chi connectivity index (χ2v) is 16.3. The molecule has 6 aliphatic heterocycles. The molecule has 3 amide bonds. The third-order valence-corrected chi connectivity index (χ3v) is 12.4. The second-order valence-electron chi connectivity index (χ2n) is 16.3. The molecule has 0 aliphatic carbocycles. The van der Waals surface area contributed by atoms with Crippen molar-refractivity contribution in [3.63, 3.8) is 0 Å². The molecule has 6 heterocycles. The maximum absolute atomic E-state index is 13.4. The number of carbonyl (C=O) groups excluding carboxylic acids is 3. The Morgan fingerprint density at radius 3 is 2.24 bits per heavy atom. The number of carbonyl (C=O) groups is 3. The number of piperazine rings is 2. The Kier molecular flexibility index (Phi) is 11.5. The van der Waals surface area contributed by atoms with Gasteiger partial charge in [-0.05, 0) is 91.9 Å². The number of anilines is 1. The normalized spacial score (nSPS) is 23.3. The Balaban J connectivity index is 0.771. The number of hydrogen-bond acceptors (Lipinski definition) is 12. The SMILES string of the molecule is NC(N)=C(/C=C(\N)c1ccccc1O)N1CC2CC(C1)N2c1cccc(CN2CCN(C(=O)CN3CCC(c4ccc(OC5CCC(=O)NC5=O)cc4)CC3)CC2)c1. The molecule has 6 aliphatic rings. The Hall–Kier alpha value is -5.73. The van der Waals surface area contributed by atoms with E-state index in [0.717, 1.165) is 78.2 Å². The lowest BCUT2D eigenvalue weighted by atomic mass is 9.86. The maximum Gasteiger partial charge on any atom is 0.267 e. The largest absolute Gasteiger partial charge is 0.507 e. The first-order chi connectivity index (χ1) is 28.1. The average Bonchev–Trinajstić information content (AvgIpc) is 3.22. The van der Waals surface area contributed by atoms with Crippen LogP contribution in [0.2, 0.25) is 0 Å². The predicted molar refractivity (Wildman–Crippen MR) is 222 cm³/mol. The first-order valence-electron chi connectivity index (χ1n) is 20.5. The van der Waals surface area contributed by atoms with E-state index in [0.29, 0.717) is 53.7 Å². The summed E-state index contributed by atoms with van der Waals surface area (Å²) in [4.78, 5) is 48.3. The van der Waals surface area contributed by atoms with Gasteiger partial charge in [0.1, 0.15) is 17.3 Å². The average molecular weight is 790 g/mol. The van der Waals surface area contributed by atoms with Crippen LogP contribution in [0, 0.1) is 0 Å². The summed E-state index contributed by atoms with van der Waals surface area (Å²) in [6.45, 7) is 7.75. The summed E-state index contributed by atoms with van der Waals surface area (Å²) in [5.74, 6) is 0.937. The van der Waals surface area contributed by atoms with Gasteiger partial charge in [-0.15, -0.1) is 0 Å². The number of para-hydroxylation sites is 1. The van der Waals surface area contributed by atoms with Crippen LogP contribution in [0.15, 0.2) is 90.4 Å². The molecule has 2 bridgehead atoms. The Bertz CT molecular complexity index is 2040. The summed E-state index contributed by atoms with van der Waals surface area (Å²) in [7, 11) is 0. The number of benzene rings is 3. The molecular weight excluding hydrogens is 735 g/mol. The first-order valence-corrected chi connectivity index (χ1v) is 20.5. The topological polar surface area (TPSA) is 187 Å². The van der Waals surface area contributed by atoms with Crippen molar-refractivity contribution in [2.24, 2.45) is 17.2 Å². The standard InChI is InChI=1S/C44H55N9O5/c45-37(36-6-1-2-7-39(36)54)24-38(43(46)47)52-26-33-23-34(27-52)53(33)32-5-3-4-29(22-32)25-50-18-20-51(21-19-50)42(56)28-49-16-14-31(15-17-49)30-8-10-35(11-9-30)58-40-12-13-41(55)48-44(40)57/h1-11,22,24,31,33-34,40,54H,12-21,23,25-28,45-47H2,(H,48,55,57)/b37-24-. The molecule has 0 radical (unpaired) electrons. The van der Waals surface area contributed by atoms with Gasteiger partial charge in [0.05, 0.1) is 12.2 Å². The molecule has 306 valence electrons. The van der Waals surface area contributed by atoms with E-state index in [1.54, 1.807) is 24.3 Å². The number of phenols is 1. The molecule has 3 aromatic rings. The molecule has 3 unspecified atom stereocenters. The van der Waals surface area contributed by atoms with Crippen molar-refractivity contribution in [3.05, 3.63) is 107 Å². The molecule has 3 aromatic carbocycles. The number of nitrogens with one attached hydrogen (secondary N) is 1. The van der Waals surface area contributed by atoms with Crippen LogP contribution >= 0.6 is 0 Å². The third-order valence-electron chi connectivity index (χ3n) is 12.4. The number of piperidine rings is 3. The monoisotopic (exact) mass is 789 g/mol. The van der Waals surface area contributed by atoms with Gasteiger partial charge in [0.15, 0.2) is 6.10 Å². The van der Waals surface area contributed by atoms with E-state index < -0.39 is 6.10 Å². The molecule has 58 heavy (non-hydrogen) atoms. The zero-order chi connectivity index (χ0) is 40.3. The Morgan fingerprint density at radius 1 is 0.828 bits per heavy atom. The molecule has 6 saturated heterocycles. The van der Waals surface area contributed by atoms with Gasteiger partial charge in [0.25, 0.3) is 5.91 Å². The van der Waals surface area contributed by atoms with Gasteiger partial charge in [0.2, 0.25) is 11.8 Å². The molecule has 8 N–H and O–H groups in total. The van der Waals surface area contributed by atoms with Crippen LogP contribution < -0.4 is 32.2 Å². The number of fused-ring (bicyclic) bond motifs is 2. The highest BCUT2D eigenvalue weighted by molar-refractivity contribution is 5.99. The van der Waals surface area contributed by atoms with Crippen LogP contribution in [-0.2, 0) is 20.9 Å². The quantitative estimate of drug-likeness (QED) is 0.141. The zero-order valence-corrected chi connectivity index (χ0v) is 33.0. The number of rotatable bonds is 11. The fraction of sp³-hybridized carbons (Fsp3) is 0.432. The lowest BCUT2D eigenvalue weighted by Crippen LogP contribution is -2.68. The van der Waals surface area contributed by atoms with Crippen molar-refractivity contribution in [1.82, 2.24) is 24.9 Å².